The fourth-order valence-electron chi connectivity index (χ4n) is 4.78. The molecule has 1 unspecified atom stereocenters. The molecule has 2 heterocycles. The Labute approximate surface area is 302 Å². The number of imidazole rings is 1. The zero-order valence-electron chi connectivity index (χ0n) is 28.6. The summed E-state index contributed by atoms with van der Waals surface area (Å²) in [5.74, 6) is -5.08. The van der Waals surface area contributed by atoms with E-state index in [2.05, 4.69) is 25.6 Å². The number of nitrogens with two attached hydrogens (primary N) is 1. The first kappa shape index (κ1) is 42.0. The molecular weight excluding hydrogens is 733 g/mol. The van der Waals surface area contributed by atoms with E-state index < -0.39 is 36.2 Å². The van der Waals surface area contributed by atoms with Crippen LogP contribution >= 0.6 is 0 Å². The average molecular weight is 767 g/mol. The maximum Gasteiger partial charge on any atom is 0.490 e. The Kier molecular flexibility index (Phi) is 13.9. The van der Waals surface area contributed by atoms with Crippen LogP contribution in [0.25, 0.3) is 22.0 Å². The van der Waals surface area contributed by atoms with Gasteiger partial charge in [0.15, 0.2) is 11.6 Å². The van der Waals surface area contributed by atoms with Crippen LogP contribution in [-0.2, 0) is 16.0 Å². The van der Waals surface area contributed by atoms with Crippen molar-refractivity contribution in [3.63, 3.8) is 0 Å². The van der Waals surface area contributed by atoms with Crippen molar-refractivity contribution in [2.24, 2.45) is 0 Å². The van der Waals surface area contributed by atoms with Gasteiger partial charge in [0, 0.05) is 41.0 Å². The van der Waals surface area contributed by atoms with Crippen LogP contribution < -0.4 is 21.1 Å². The van der Waals surface area contributed by atoms with Crippen LogP contribution in [0.1, 0.15) is 47.2 Å². The van der Waals surface area contributed by atoms with Crippen molar-refractivity contribution in [3.05, 3.63) is 101 Å². The molecule has 0 fully saturated rings. The fourth-order valence-corrected chi connectivity index (χ4v) is 4.78. The third-order valence-corrected chi connectivity index (χ3v) is 7.30. The number of amides is 1. The monoisotopic (exact) mass is 766 g/mol. The highest BCUT2D eigenvalue weighted by Gasteiger charge is 2.39. The van der Waals surface area contributed by atoms with Crippen molar-refractivity contribution in [3.8, 4) is 17.0 Å². The molecular formula is C35H33F7N6O6. The molecule has 0 aliphatic heterocycles. The van der Waals surface area contributed by atoms with E-state index in [1.54, 1.807) is 37.6 Å². The highest BCUT2D eigenvalue weighted by atomic mass is 19.4. The molecule has 3 aromatic carbocycles. The zero-order chi connectivity index (χ0) is 40.4. The first-order valence-corrected chi connectivity index (χ1v) is 15.6. The quantitative estimate of drug-likeness (QED) is 0.0841. The number of carbonyl (C=O) groups excluding carboxylic acids is 1. The largest absolute Gasteiger partial charge is 0.491 e. The zero-order valence-corrected chi connectivity index (χ0v) is 28.6. The second-order valence-electron chi connectivity index (χ2n) is 10.9. The molecule has 1 atom stereocenters. The lowest BCUT2D eigenvalue weighted by molar-refractivity contribution is -0.193. The number of nitrogens with zero attached hydrogens (tertiary/aromatic N) is 2. The Morgan fingerprint density at radius 1 is 0.926 bits per heavy atom. The van der Waals surface area contributed by atoms with E-state index in [1.807, 2.05) is 56.3 Å². The molecule has 0 aliphatic carbocycles. The second-order valence-corrected chi connectivity index (χ2v) is 10.9. The SMILES string of the molecule is CCOc1cc(CC)cc(C(Nc2ccc3c(N)nccc3c2)c2ncc(-c3ccccc3C(=O)NC)[nH]2)c1F.O=C(O)C(F)(F)F.O=C(O)C(F)(F)F. The summed E-state index contributed by atoms with van der Waals surface area (Å²) in [6.45, 7) is 4.17. The van der Waals surface area contributed by atoms with Crippen LogP contribution in [0, 0.1) is 5.82 Å². The van der Waals surface area contributed by atoms with Crippen LogP contribution in [0.3, 0.4) is 0 Å². The molecule has 2 aromatic heterocycles. The van der Waals surface area contributed by atoms with Gasteiger partial charge in [0.05, 0.1) is 18.5 Å². The fraction of sp³-hybridized carbons (Fsp3) is 0.229. The van der Waals surface area contributed by atoms with Gasteiger partial charge < -0.3 is 36.3 Å². The Hall–Kier alpha value is -6.40. The van der Waals surface area contributed by atoms with Crippen molar-refractivity contribution in [2.45, 2.75) is 38.7 Å². The predicted molar refractivity (Wildman–Crippen MR) is 183 cm³/mol. The summed E-state index contributed by atoms with van der Waals surface area (Å²) in [7, 11) is 1.59. The number of alkyl halides is 6. The number of carboxylic acids is 2. The maximum atomic E-state index is 16.0. The summed E-state index contributed by atoms with van der Waals surface area (Å²) in [5.41, 5.74) is 9.93. The predicted octanol–water partition coefficient (Wildman–Crippen LogP) is 7.14. The highest BCUT2D eigenvalue weighted by Crippen LogP contribution is 2.35. The van der Waals surface area contributed by atoms with Gasteiger partial charge in [-0.05, 0) is 60.7 Å². The molecule has 0 bridgehead atoms. The number of anilines is 2. The van der Waals surface area contributed by atoms with Crippen LogP contribution in [0.4, 0.5) is 42.2 Å². The topological polar surface area (TPSA) is 193 Å². The molecule has 0 radical (unpaired) electrons. The standard InChI is InChI=1S/C31H31FN6O2.2C2HF3O2/c1-4-18-14-24(27(32)26(15-18)40-5-2)28(37-20-10-11-21-19(16-20)12-13-35-29(21)33)30-36-17-25(38-30)22-8-6-7-9-23(22)31(39)34-3;2*3-2(4,5)1(6)7/h6-17,28,37H,4-5H2,1-3H3,(H2,33,35)(H,34,39)(H,36,38);2*(H,6,7). The van der Waals surface area contributed by atoms with E-state index in [0.29, 0.717) is 47.1 Å². The van der Waals surface area contributed by atoms with Crippen LogP contribution in [-0.4, -0.2) is 69.0 Å². The smallest absolute Gasteiger partial charge is 0.490 e. The van der Waals surface area contributed by atoms with Crippen molar-refractivity contribution in [1.29, 1.82) is 0 Å². The van der Waals surface area contributed by atoms with E-state index >= 15 is 4.39 Å². The van der Waals surface area contributed by atoms with Gasteiger partial charge in [0.1, 0.15) is 17.7 Å². The molecule has 5 aromatic rings. The molecule has 0 aliphatic rings. The van der Waals surface area contributed by atoms with Gasteiger partial charge in [-0.1, -0.05) is 31.2 Å². The van der Waals surface area contributed by atoms with Crippen molar-refractivity contribution in [2.75, 3.05) is 24.7 Å². The lowest BCUT2D eigenvalue weighted by atomic mass is 9.99. The van der Waals surface area contributed by atoms with Crippen LogP contribution in [0.2, 0.25) is 0 Å². The minimum atomic E-state index is -5.08. The van der Waals surface area contributed by atoms with Gasteiger partial charge >= 0.3 is 24.3 Å². The molecule has 0 saturated carbocycles. The van der Waals surface area contributed by atoms with Crippen molar-refractivity contribution >= 4 is 40.1 Å². The van der Waals surface area contributed by atoms with Gasteiger partial charge in [-0.3, -0.25) is 4.79 Å². The summed E-state index contributed by atoms with van der Waals surface area (Å²) < 4.78 is 85.1. The molecule has 1 amide bonds. The Morgan fingerprint density at radius 2 is 1.56 bits per heavy atom. The number of fused-ring (bicyclic) bond motifs is 1. The molecule has 7 N–H and O–H groups in total. The number of rotatable bonds is 9. The van der Waals surface area contributed by atoms with E-state index in [9.17, 15) is 31.1 Å². The van der Waals surface area contributed by atoms with E-state index in [0.717, 1.165) is 22.0 Å². The van der Waals surface area contributed by atoms with E-state index in [4.69, 9.17) is 30.3 Å². The number of benzene rings is 3. The summed E-state index contributed by atoms with van der Waals surface area (Å²) >= 11 is 0. The van der Waals surface area contributed by atoms with Crippen LogP contribution in [0.5, 0.6) is 5.75 Å². The first-order chi connectivity index (χ1) is 25.3. The summed E-state index contributed by atoms with van der Waals surface area (Å²) in [6, 6.07) is 17.7. The average Bonchev–Trinajstić information content (AvgIpc) is 3.61. The lowest BCUT2D eigenvalue weighted by Gasteiger charge is -2.22. The van der Waals surface area contributed by atoms with Gasteiger partial charge in [0.25, 0.3) is 5.91 Å². The van der Waals surface area contributed by atoms with Gasteiger partial charge in [-0.15, -0.1) is 0 Å². The number of carboxylic acid groups (broad SMARTS) is 2. The first-order valence-electron chi connectivity index (χ1n) is 15.6. The Bertz CT molecular complexity index is 2080. The Balaban J connectivity index is 0.000000476. The molecule has 19 heteroatoms. The number of carbonyl (C=O) groups is 3. The molecule has 54 heavy (non-hydrogen) atoms. The number of nitrogen functional groups attached to an aromatic ring is 1. The minimum Gasteiger partial charge on any atom is -0.491 e. The number of nitrogens with one attached hydrogen (secondary N) is 3. The number of H-pyrrole nitrogens is 1. The number of aromatic amines is 1. The molecule has 0 saturated heterocycles. The Morgan fingerprint density at radius 3 is 2.13 bits per heavy atom. The number of aromatic nitrogens is 3. The number of ether oxygens (including phenoxy) is 1. The normalized spacial score (nSPS) is 11.7. The van der Waals surface area contributed by atoms with E-state index in [1.165, 1.54) is 0 Å². The molecule has 5 rings (SSSR count). The van der Waals surface area contributed by atoms with Gasteiger partial charge in [-0.2, -0.15) is 26.3 Å². The maximum absolute atomic E-state index is 16.0. The third-order valence-electron chi connectivity index (χ3n) is 7.30. The van der Waals surface area contributed by atoms with E-state index in [-0.39, 0.29) is 11.7 Å². The number of aryl methyl sites for hydroxylation is 1. The van der Waals surface area contributed by atoms with Crippen molar-refractivity contribution < 1.29 is 60.1 Å². The third kappa shape index (κ3) is 10.8. The number of pyridine rings is 1. The number of aliphatic carboxylic acids is 2. The van der Waals surface area contributed by atoms with Gasteiger partial charge in [0.2, 0.25) is 0 Å². The number of hydrogen-bond donors (Lipinski definition) is 6. The summed E-state index contributed by atoms with van der Waals surface area (Å²) in [4.78, 5) is 42.5. The summed E-state index contributed by atoms with van der Waals surface area (Å²) in [6.07, 6.45) is -6.16. The second kappa shape index (κ2) is 17.9. The van der Waals surface area contributed by atoms with Gasteiger partial charge in [-0.25, -0.2) is 23.9 Å². The summed E-state index contributed by atoms with van der Waals surface area (Å²) in [5, 5.41) is 22.1. The molecule has 0 spiro atoms. The highest BCUT2D eigenvalue weighted by molar-refractivity contribution is 6.00. The minimum absolute atomic E-state index is 0.192. The van der Waals surface area contributed by atoms with Crippen molar-refractivity contribution in [1.82, 2.24) is 20.3 Å². The lowest BCUT2D eigenvalue weighted by Crippen LogP contribution is -2.21. The molecule has 12 nitrogen and oxygen atoms in total. The van der Waals surface area contributed by atoms with Crippen LogP contribution in [0.15, 0.2) is 73.1 Å². The number of hydrogen-bond acceptors (Lipinski definition) is 8. The number of halogens is 7. The molecule has 288 valence electrons.